The molecule has 0 amide bonds. The lowest BCUT2D eigenvalue weighted by atomic mass is 10.2. The van der Waals surface area contributed by atoms with Crippen LogP contribution >= 0.6 is 0 Å². The molecule has 0 atom stereocenters. The Balaban J connectivity index is 2.19. The van der Waals surface area contributed by atoms with Gasteiger partial charge in [0.05, 0.1) is 18.2 Å². The summed E-state index contributed by atoms with van der Waals surface area (Å²) in [5.41, 5.74) is 0.531. The molecule has 0 spiro atoms. The Morgan fingerprint density at radius 3 is 2.88 bits per heavy atom. The third kappa shape index (κ3) is 4.84. The smallest absolute Gasteiger partial charge is 0.120 e. The maximum Gasteiger partial charge on any atom is 0.120 e. The van der Waals surface area contributed by atoms with Crippen LogP contribution in [0.5, 0.6) is 5.75 Å². The molecule has 0 aliphatic rings. The van der Waals surface area contributed by atoms with Gasteiger partial charge >= 0.3 is 0 Å². The lowest BCUT2D eigenvalue weighted by Gasteiger charge is -2.05. The Hall–Kier alpha value is -1.49. The van der Waals surface area contributed by atoms with Crippen molar-refractivity contribution >= 4 is 0 Å². The molecule has 2 nitrogen and oxygen atoms in total. The van der Waals surface area contributed by atoms with Gasteiger partial charge in [0.2, 0.25) is 0 Å². The molecule has 0 unspecified atom stereocenters. The van der Waals surface area contributed by atoms with Crippen molar-refractivity contribution in [3.8, 4) is 11.8 Å². The van der Waals surface area contributed by atoms with E-state index in [-0.39, 0.29) is 0 Å². The molecule has 0 saturated carbocycles. The van der Waals surface area contributed by atoms with Crippen LogP contribution in [-0.2, 0) is 0 Å². The molecule has 16 heavy (non-hydrogen) atoms. The number of hydrogen-bond acceptors (Lipinski definition) is 2. The number of ether oxygens (including phenoxy) is 1. The fourth-order valence-electron chi connectivity index (χ4n) is 1.50. The minimum absolute atomic E-state index is 0.531. The highest BCUT2D eigenvalue weighted by molar-refractivity contribution is 5.35. The van der Waals surface area contributed by atoms with Gasteiger partial charge in [-0.3, -0.25) is 0 Å². The van der Waals surface area contributed by atoms with Gasteiger partial charge in [-0.25, -0.2) is 0 Å². The van der Waals surface area contributed by atoms with Gasteiger partial charge in [-0.1, -0.05) is 32.6 Å². The number of nitriles is 1. The first-order valence-electron chi connectivity index (χ1n) is 5.91. The maximum absolute atomic E-state index is 8.69. The second-order valence-corrected chi connectivity index (χ2v) is 3.81. The lowest BCUT2D eigenvalue weighted by molar-refractivity contribution is 0.304. The van der Waals surface area contributed by atoms with Crippen LogP contribution in [0, 0.1) is 17.4 Å². The molecule has 0 aliphatic carbocycles. The third-order valence-corrected chi connectivity index (χ3v) is 2.41. The first-order valence-corrected chi connectivity index (χ1v) is 5.91. The van der Waals surface area contributed by atoms with Crippen LogP contribution in [-0.4, -0.2) is 6.61 Å². The fourth-order valence-corrected chi connectivity index (χ4v) is 1.50. The summed E-state index contributed by atoms with van der Waals surface area (Å²) < 4.78 is 5.56. The molecular weight excluding hydrogens is 198 g/mol. The standard InChI is InChI=1S/C14H18NO/c1-2-3-4-5-6-10-16-14-9-7-8-13(11-14)12-15/h7,9,11H,2-6,10H2,1H3. The Labute approximate surface area is 97.9 Å². The highest BCUT2D eigenvalue weighted by Crippen LogP contribution is 2.13. The first kappa shape index (κ1) is 12.6. The molecule has 0 aromatic heterocycles. The second-order valence-electron chi connectivity index (χ2n) is 3.81. The van der Waals surface area contributed by atoms with E-state index in [1.165, 1.54) is 25.7 Å². The van der Waals surface area contributed by atoms with Crippen LogP contribution in [0.3, 0.4) is 0 Å². The van der Waals surface area contributed by atoms with Crippen molar-refractivity contribution in [1.29, 1.82) is 5.26 Å². The number of hydrogen-bond donors (Lipinski definition) is 0. The molecule has 1 aromatic carbocycles. The highest BCUT2D eigenvalue weighted by atomic mass is 16.5. The van der Waals surface area contributed by atoms with E-state index >= 15 is 0 Å². The van der Waals surface area contributed by atoms with E-state index < -0.39 is 0 Å². The summed E-state index contributed by atoms with van der Waals surface area (Å²) in [6, 6.07) is 10.2. The number of unbranched alkanes of at least 4 members (excludes halogenated alkanes) is 4. The van der Waals surface area contributed by atoms with Crippen molar-refractivity contribution in [1.82, 2.24) is 0 Å². The van der Waals surface area contributed by atoms with Crippen LogP contribution in [0.4, 0.5) is 0 Å². The number of benzene rings is 1. The number of rotatable bonds is 7. The highest BCUT2D eigenvalue weighted by Gasteiger charge is 1.96. The van der Waals surface area contributed by atoms with E-state index in [0.29, 0.717) is 5.56 Å². The summed E-state index contributed by atoms with van der Waals surface area (Å²) in [5, 5.41) is 8.69. The predicted molar refractivity (Wildman–Crippen MR) is 64.2 cm³/mol. The zero-order valence-corrected chi connectivity index (χ0v) is 9.83. The first-order chi connectivity index (χ1) is 7.86. The summed E-state index contributed by atoms with van der Waals surface area (Å²) in [7, 11) is 0. The Bertz CT molecular complexity index is 341. The van der Waals surface area contributed by atoms with Gasteiger partial charge in [-0.2, -0.15) is 5.26 Å². The molecule has 85 valence electrons. The van der Waals surface area contributed by atoms with Crippen molar-refractivity contribution in [2.75, 3.05) is 6.61 Å². The van der Waals surface area contributed by atoms with Crippen LogP contribution in [0.25, 0.3) is 0 Å². The van der Waals surface area contributed by atoms with Crippen molar-refractivity contribution < 1.29 is 4.74 Å². The molecule has 0 heterocycles. The lowest BCUT2D eigenvalue weighted by Crippen LogP contribution is -1.97. The molecule has 0 aliphatic heterocycles. The zero-order valence-electron chi connectivity index (χ0n) is 9.83. The average molecular weight is 216 g/mol. The van der Waals surface area contributed by atoms with Gasteiger partial charge in [0, 0.05) is 6.07 Å². The summed E-state index contributed by atoms with van der Waals surface area (Å²) in [5.74, 6) is 0.769. The van der Waals surface area contributed by atoms with E-state index in [9.17, 15) is 0 Å². The second kappa shape index (κ2) is 7.76. The molecule has 1 rings (SSSR count). The molecule has 0 saturated heterocycles. The van der Waals surface area contributed by atoms with Crippen molar-refractivity contribution in [2.45, 2.75) is 39.0 Å². The van der Waals surface area contributed by atoms with E-state index in [4.69, 9.17) is 10.00 Å². The molecule has 0 bridgehead atoms. The minimum Gasteiger partial charge on any atom is -0.494 e. The average Bonchev–Trinajstić information content (AvgIpc) is 2.34. The van der Waals surface area contributed by atoms with Crippen LogP contribution in [0.2, 0.25) is 0 Å². The summed E-state index contributed by atoms with van der Waals surface area (Å²) in [6.45, 7) is 2.94. The third-order valence-electron chi connectivity index (χ3n) is 2.41. The monoisotopic (exact) mass is 216 g/mol. The molecule has 2 heteroatoms. The predicted octanol–water partition coefficient (Wildman–Crippen LogP) is 3.71. The molecule has 0 N–H and O–H groups in total. The van der Waals surface area contributed by atoms with E-state index in [0.717, 1.165) is 18.8 Å². The largest absolute Gasteiger partial charge is 0.494 e. The quantitative estimate of drug-likeness (QED) is 0.651. The van der Waals surface area contributed by atoms with Crippen molar-refractivity contribution in [3.63, 3.8) is 0 Å². The van der Waals surface area contributed by atoms with E-state index in [1.807, 2.05) is 6.07 Å². The van der Waals surface area contributed by atoms with Gasteiger partial charge in [0.25, 0.3) is 0 Å². The van der Waals surface area contributed by atoms with Crippen LogP contribution < -0.4 is 4.74 Å². The van der Waals surface area contributed by atoms with E-state index in [1.54, 1.807) is 12.1 Å². The Morgan fingerprint density at radius 2 is 2.12 bits per heavy atom. The van der Waals surface area contributed by atoms with Crippen molar-refractivity contribution in [2.24, 2.45) is 0 Å². The maximum atomic E-state index is 8.69. The SMILES string of the molecule is CCCCCCCOc1cc[c]c(C#N)c1. The van der Waals surface area contributed by atoms with Gasteiger partial charge in [-0.15, -0.1) is 0 Å². The Kier molecular flexibility index (Phi) is 6.10. The Morgan fingerprint density at radius 1 is 1.31 bits per heavy atom. The van der Waals surface area contributed by atoms with Crippen LogP contribution in [0.1, 0.15) is 44.6 Å². The minimum atomic E-state index is 0.531. The van der Waals surface area contributed by atoms with Gasteiger partial charge in [0.15, 0.2) is 0 Å². The normalized spacial score (nSPS) is 9.75. The molecule has 0 fully saturated rings. The summed E-state index contributed by atoms with van der Waals surface area (Å²) >= 11 is 0. The molecule has 1 aromatic rings. The summed E-state index contributed by atoms with van der Waals surface area (Å²) in [6.07, 6.45) is 6.16. The van der Waals surface area contributed by atoms with Gasteiger partial charge < -0.3 is 4.74 Å². The molecular formula is C14H18NO. The summed E-state index contributed by atoms with van der Waals surface area (Å²) in [4.78, 5) is 0. The zero-order chi connectivity index (χ0) is 11.6. The van der Waals surface area contributed by atoms with E-state index in [2.05, 4.69) is 19.1 Å². The van der Waals surface area contributed by atoms with Crippen LogP contribution in [0.15, 0.2) is 18.2 Å². The fraction of sp³-hybridized carbons (Fsp3) is 0.500. The van der Waals surface area contributed by atoms with Gasteiger partial charge in [-0.05, 0) is 24.6 Å². The van der Waals surface area contributed by atoms with Gasteiger partial charge in [0.1, 0.15) is 5.75 Å². The molecule has 1 radical (unpaired) electrons. The topological polar surface area (TPSA) is 33.0 Å². The number of nitrogens with zero attached hydrogens (tertiary/aromatic N) is 1. The van der Waals surface area contributed by atoms with Crippen molar-refractivity contribution in [3.05, 3.63) is 29.8 Å².